The number of halogens is 1. The van der Waals surface area contributed by atoms with Crippen molar-refractivity contribution in [3.8, 4) is 0 Å². The Balaban J connectivity index is 1.53. The highest BCUT2D eigenvalue weighted by Crippen LogP contribution is 2.17. The summed E-state index contributed by atoms with van der Waals surface area (Å²) in [5, 5.41) is 6.02. The molecule has 5 heteroatoms. The van der Waals surface area contributed by atoms with Gasteiger partial charge in [-0.25, -0.2) is 9.37 Å². The molecule has 0 fully saturated rings. The van der Waals surface area contributed by atoms with Crippen molar-refractivity contribution in [2.45, 2.75) is 19.8 Å². The van der Waals surface area contributed by atoms with Crippen molar-refractivity contribution in [2.24, 2.45) is 0 Å². The minimum atomic E-state index is -0.273. The van der Waals surface area contributed by atoms with Crippen LogP contribution in [0.25, 0.3) is 0 Å². The molecule has 0 spiro atoms. The molecule has 1 aromatic heterocycles. The van der Waals surface area contributed by atoms with Gasteiger partial charge in [-0.2, -0.15) is 0 Å². The second-order valence-corrected chi connectivity index (χ2v) is 6.20. The Morgan fingerprint density at radius 2 is 1.74 bits per heavy atom. The molecule has 0 bridgehead atoms. The fraction of sp³-hybridized carbons (Fsp3) is 0.182. The average molecular weight is 363 g/mol. The molecular weight excluding hydrogens is 341 g/mol. The van der Waals surface area contributed by atoms with Crippen molar-refractivity contribution in [2.75, 3.05) is 11.9 Å². The second-order valence-electron chi connectivity index (χ2n) is 6.20. The third-order valence-electron chi connectivity index (χ3n) is 4.28. The van der Waals surface area contributed by atoms with E-state index in [2.05, 4.69) is 34.7 Å². The smallest absolute Gasteiger partial charge is 0.269 e. The maximum Gasteiger partial charge on any atom is 0.269 e. The van der Waals surface area contributed by atoms with Gasteiger partial charge in [-0.3, -0.25) is 4.79 Å². The van der Waals surface area contributed by atoms with Gasteiger partial charge >= 0.3 is 0 Å². The summed E-state index contributed by atoms with van der Waals surface area (Å²) in [4.78, 5) is 16.4. The van der Waals surface area contributed by atoms with Crippen molar-refractivity contribution in [1.82, 2.24) is 10.3 Å². The van der Waals surface area contributed by atoms with Crippen molar-refractivity contribution >= 4 is 17.3 Å². The van der Waals surface area contributed by atoms with E-state index in [4.69, 9.17) is 0 Å². The molecule has 0 aliphatic rings. The number of rotatable bonds is 7. The molecule has 3 aromatic rings. The molecule has 2 N–H and O–H groups in total. The van der Waals surface area contributed by atoms with E-state index >= 15 is 0 Å². The highest BCUT2D eigenvalue weighted by molar-refractivity contribution is 5.92. The van der Waals surface area contributed by atoms with E-state index in [1.54, 1.807) is 30.5 Å². The van der Waals surface area contributed by atoms with Crippen LogP contribution in [0.2, 0.25) is 0 Å². The molecule has 0 saturated carbocycles. The van der Waals surface area contributed by atoms with E-state index in [1.807, 2.05) is 18.2 Å². The second kappa shape index (κ2) is 8.94. The molecule has 2 aromatic carbocycles. The van der Waals surface area contributed by atoms with Crippen LogP contribution < -0.4 is 10.6 Å². The van der Waals surface area contributed by atoms with Crippen molar-refractivity contribution in [3.05, 3.63) is 89.5 Å². The first-order chi connectivity index (χ1) is 13.2. The number of carbonyl (C=O) groups is 1. The molecule has 0 atom stereocenters. The van der Waals surface area contributed by atoms with E-state index in [9.17, 15) is 9.18 Å². The summed E-state index contributed by atoms with van der Waals surface area (Å²) in [6.45, 7) is 2.47. The number of aryl methyl sites for hydroxylation is 1. The van der Waals surface area contributed by atoms with Crippen LogP contribution in [0.15, 0.2) is 66.9 Å². The Morgan fingerprint density at radius 3 is 2.41 bits per heavy atom. The summed E-state index contributed by atoms with van der Waals surface area (Å²) >= 11 is 0. The molecular formula is C22H22FN3O. The molecule has 0 radical (unpaired) electrons. The summed E-state index contributed by atoms with van der Waals surface area (Å²) in [5.74, 6) is -0.530. The highest BCUT2D eigenvalue weighted by atomic mass is 19.1. The van der Waals surface area contributed by atoms with Gasteiger partial charge in [0.25, 0.3) is 5.91 Å². The fourth-order valence-electron chi connectivity index (χ4n) is 2.69. The summed E-state index contributed by atoms with van der Waals surface area (Å²) < 4.78 is 13.6. The number of amides is 1. The van der Waals surface area contributed by atoms with Gasteiger partial charge in [-0.05, 0) is 54.3 Å². The maximum absolute atomic E-state index is 13.6. The van der Waals surface area contributed by atoms with Crippen LogP contribution >= 0.6 is 0 Å². The summed E-state index contributed by atoms with van der Waals surface area (Å²) in [7, 11) is 0. The van der Waals surface area contributed by atoms with Crippen LogP contribution in [0.5, 0.6) is 0 Å². The van der Waals surface area contributed by atoms with E-state index in [0.717, 1.165) is 17.8 Å². The predicted octanol–water partition coefficient (Wildman–Crippen LogP) is 4.50. The lowest BCUT2D eigenvalue weighted by atomic mass is 10.1. The molecule has 0 aliphatic heterocycles. The topological polar surface area (TPSA) is 54.0 Å². The van der Waals surface area contributed by atoms with E-state index in [1.165, 1.54) is 11.6 Å². The fourth-order valence-corrected chi connectivity index (χ4v) is 2.69. The molecule has 0 saturated heterocycles. The third-order valence-corrected chi connectivity index (χ3v) is 4.28. The monoisotopic (exact) mass is 363 g/mol. The summed E-state index contributed by atoms with van der Waals surface area (Å²) in [6.07, 6.45) is 3.06. The Hall–Kier alpha value is -3.21. The van der Waals surface area contributed by atoms with Crippen LogP contribution in [-0.4, -0.2) is 17.4 Å². The van der Waals surface area contributed by atoms with Crippen LogP contribution in [0.4, 0.5) is 15.8 Å². The summed E-state index contributed by atoms with van der Waals surface area (Å²) in [5.41, 5.74) is 3.97. The molecule has 138 valence electrons. The number of nitrogens with zero attached hydrogens (tertiary/aromatic N) is 1. The van der Waals surface area contributed by atoms with E-state index in [0.29, 0.717) is 24.2 Å². The van der Waals surface area contributed by atoms with Crippen molar-refractivity contribution < 1.29 is 9.18 Å². The number of nitrogens with one attached hydrogen (secondary N) is 2. The van der Waals surface area contributed by atoms with Crippen LogP contribution in [0.3, 0.4) is 0 Å². The predicted molar refractivity (Wildman–Crippen MR) is 106 cm³/mol. The number of pyridine rings is 1. The SMILES string of the molecule is CCc1ccc(Nc2ccc(C(=O)NCCc3ccccc3F)nc2)cc1. The minimum Gasteiger partial charge on any atom is -0.354 e. The Morgan fingerprint density at radius 1 is 1.00 bits per heavy atom. The lowest BCUT2D eigenvalue weighted by Crippen LogP contribution is -2.26. The zero-order valence-electron chi connectivity index (χ0n) is 15.2. The average Bonchev–Trinajstić information content (AvgIpc) is 2.70. The number of hydrogen-bond donors (Lipinski definition) is 2. The molecule has 3 rings (SSSR count). The van der Waals surface area contributed by atoms with Gasteiger partial charge in [0.05, 0.1) is 11.9 Å². The number of anilines is 2. The standard InChI is InChI=1S/C22H22FN3O/c1-2-16-7-9-18(10-8-16)26-19-11-12-21(25-15-19)22(27)24-14-13-17-5-3-4-6-20(17)23/h3-12,15,26H,2,13-14H2,1H3,(H,24,27). The van der Waals surface area contributed by atoms with E-state index < -0.39 is 0 Å². The normalized spacial score (nSPS) is 10.4. The Kier molecular flexibility index (Phi) is 6.15. The van der Waals surface area contributed by atoms with Crippen LogP contribution in [0.1, 0.15) is 28.5 Å². The zero-order valence-corrected chi connectivity index (χ0v) is 15.2. The van der Waals surface area contributed by atoms with Gasteiger partial charge < -0.3 is 10.6 Å². The lowest BCUT2D eigenvalue weighted by Gasteiger charge is -2.08. The molecule has 0 unspecified atom stereocenters. The molecule has 0 aliphatic carbocycles. The zero-order chi connectivity index (χ0) is 19.1. The van der Waals surface area contributed by atoms with Crippen LogP contribution in [0, 0.1) is 5.82 Å². The summed E-state index contributed by atoms with van der Waals surface area (Å²) in [6, 6.07) is 18.2. The number of hydrogen-bond acceptors (Lipinski definition) is 3. The van der Waals surface area contributed by atoms with E-state index in [-0.39, 0.29) is 11.7 Å². The van der Waals surface area contributed by atoms with Gasteiger partial charge in [0.15, 0.2) is 0 Å². The first-order valence-corrected chi connectivity index (χ1v) is 8.99. The highest BCUT2D eigenvalue weighted by Gasteiger charge is 2.08. The van der Waals surface area contributed by atoms with Gasteiger partial charge in [-0.1, -0.05) is 37.3 Å². The lowest BCUT2D eigenvalue weighted by molar-refractivity contribution is 0.0949. The Bertz CT molecular complexity index is 892. The Labute approximate surface area is 158 Å². The number of benzene rings is 2. The quantitative estimate of drug-likeness (QED) is 0.650. The van der Waals surface area contributed by atoms with Gasteiger partial charge in [-0.15, -0.1) is 0 Å². The molecule has 4 nitrogen and oxygen atoms in total. The van der Waals surface area contributed by atoms with Crippen molar-refractivity contribution in [1.29, 1.82) is 0 Å². The molecule has 1 heterocycles. The third kappa shape index (κ3) is 5.14. The van der Waals surface area contributed by atoms with Gasteiger partial charge in [0, 0.05) is 12.2 Å². The van der Waals surface area contributed by atoms with Gasteiger partial charge in [0.1, 0.15) is 11.5 Å². The maximum atomic E-state index is 13.6. The molecule has 27 heavy (non-hydrogen) atoms. The largest absolute Gasteiger partial charge is 0.354 e. The van der Waals surface area contributed by atoms with Crippen LogP contribution in [-0.2, 0) is 12.8 Å². The molecule has 1 amide bonds. The van der Waals surface area contributed by atoms with Crippen molar-refractivity contribution in [3.63, 3.8) is 0 Å². The van der Waals surface area contributed by atoms with Gasteiger partial charge in [0.2, 0.25) is 0 Å². The number of aromatic nitrogens is 1. The number of carbonyl (C=O) groups excluding carboxylic acids is 1. The first kappa shape index (κ1) is 18.6. The first-order valence-electron chi connectivity index (χ1n) is 8.99. The minimum absolute atomic E-state index is 0.257.